The fourth-order valence-corrected chi connectivity index (χ4v) is 2.64. The Morgan fingerprint density at radius 1 is 1.06 bits per heavy atom. The molecule has 0 saturated heterocycles. The van der Waals surface area contributed by atoms with Crippen molar-refractivity contribution in [3.8, 4) is 0 Å². The first-order valence-electron chi connectivity index (χ1n) is 9.29. The molecule has 0 unspecified atom stereocenters. The Bertz CT molecular complexity index is 1090. The maximum Gasteiger partial charge on any atom is 0.249 e. The van der Waals surface area contributed by atoms with Gasteiger partial charge in [0.15, 0.2) is 0 Å². The average Bonchev–Trinajstić information content (AvgIpc) is 2.71. The molecule has 0 atom stereocenters. The number of halogens is 2. The molecule has 2 aromatic heterocycles. The molecule has 0 bridgehead atoms. The molecule has 0 radical (unpaired) electrons. The zero-order valence-electron chi connectivity index (χ0n) is 16.9. The largest absolute Gasteiger partial charge is 0.340 e. The van der Waals surface area contributed by atoms with E-state index in [0.717, 1.165) is 0 Å². The van der Waals surface area contributed by atoms with Gasteiger partial charge in [-0.25, -0.2) is 19.3 Å². The van der Waals surface area contributed by atoms with Crippen molar-refractivity contribution in [2.45, 2.75) is 0 Å². The van der Waals surface area contributed by atoms with Crippen molar-refractivity contribution in [2.75, 3.05) is 36.6 Å². The normalized spacial score (nSPS) is 11.0. The number of likely N-dealkylation sites (N-methyl/N-ethyl adjacent to an activating group) is 1. The molecule has 3 N–H and O–H groups in total. The summed E-state index contributed by atoms with van der Waals surface area (Å²) < 4.78 is 13.3. The number of carbonyl (C=O) groups is 1. The number of aromatic nitrogens is 3. The lowest BCUT2D eigenvalue weighted by molar-refractivity contribution is -0.111. The molecule has 3 rings (SSSR count). The quantitative estimate of drug-likeness (QED) is 0.451. The summed E-state index contributed by atoms with van der Waals surface area (Å²) in [6, 6.07) is 11.1. The van der Waals surface area contributed by atoms with Crippen LogP contribution in [-0.4, -0.2) is 46.4 Å². The van der Waals surface area contributed by atoms with E-state index < -0.39 is 5.82 Å². The second-order valence-electron chi connectivity index (χ2n) is 6.73. The predicted molar refractivity (Wildman–Crippen MR) is 121 cm³/mol. The Balaban J connectivity index is 1.65. The summed E-state index contributed by atoms with van der Waals surface area (Å²) >= 11 is 5.81. The molecular formula is C21H21ClFN7O. The third kappa shape index (κ3) is 7.02. The highest BCUT2D eigenvalue weighted by Gasteiger charge is 2.05. The number of nitrogens with one attached hydrogen (secondary N) is 3. The molecule has 160 valence electrons. The van der Waals surface area contributed by atoms with Crippen molar-refractivity contribution >= 4 is 46.5 Å². The van der Waals surface area contributed by atoms with Crippen molar-refractivity contribution < 1.29 is 9.18 Å². The Morgan fingerprint density at radius 2 is 1.81 bits per heavy atom. The van der Waals surface area contributed by atoms with Crippen LogP contribution in [0.25, 0.3) is 0 Å². The predicted octanol–water partition coefficient (Wildman–Crippen LogP) is 4.21. The molecule has 8 nitrogen and oxygen atoms in total. The number of benzene rings is 1. The van der Waals surface area contributed by atoms with E-state index in [1.807, 2.05) is 19.0 Å². The van der Waals surface area contributed by atoms with Crippen molar-refractivity contribution in [3.63, 3.8) is 0 Å². The highest BCUT2D eigenvalue weighted by atomic mass is 35.5. The summed E-state index contributed by atoms with van der Waals surface area (Å²) in [7, 11) is 3.84. The Labute approximate surface area is 184 Å². The molecule has 1 amide bonds. The minimum atomic E-state index is -0.497. The van der Waals surface area contributed by atoms with Crippen LogP contribution in [0.1, 0.15) is 0 Å². The average molecular weight is 442 g/mol. The minimum absolute atomic E-state index is 0.0111. The van der Waals surface area contributed by atoms with E-state index in [1.54, 1.807) is 36.4 Å². The third-order valence-corrected chi connectivity index (χ3v) is 4.15. The molecule has 0 spiro atoms. The molecule has 31 heavy (non-hydrogen) atoms. The van der Waals surface area contributed by atoms with Crippen molar-refractivity contribution in [1.29, 1.82) is 0 Å². The Morgan fingerprint density at radius 3 is 2.55 bits per heavy atom. The Hall–Kier alpha value is -3.56. The fourth-order valence-electron chi connectivity index (χ4n) is 2.46. The van der Waals surface area contributed by atoms with Gasteiger partial charge >= 0.3 is 0 Å². The first-order valence-corrected chi connectivity index (χ1v) is 9.67. The van der Waals surface area contributed by atoms with Crippen LogP contribution in [0, 0.1) is 5.82 Å². The SMILES string of the molecule is CN(C)C/C=C/C(=O)Nc1cccc(Nc2cc(Nc3ccc(F)c(Cl)c3)ncn2)n1. The summed E-state index contributed by atoms with van der Waals surface area (Å²) in [5.74, 6) is 1.09. The summed E-state index contributed by atoms with van der Waals surface area (Å²) in [5.41, 5.74) is 0.584. The topological polar surface area (TPSA) is 95.1 Å². The molecule has 0 aliphatic carbocycles. The molecule has 2 heterocycles. The Kier molecular flexibility index (Phi) is 7.47. The van der Waals surface area contributed by atoms with E-state index in [2.05, 4.69) is 30.9 Å². The first kappa shape index (κ1) is 22.1. The van der Waals surface area contributed by atoms with Gasteiger partial charge < -0.3 is 20.9 Å². The van der Waals surface area contributed by atoms with E-state index in [0.29, 0.717) is 35.5 Å². The molecule has 10 heteroatoms. The lowest BCUT2D eigenvalue weighted by atomic mass is 10.3. The maximum absolute atomic E-state index is 13.3. The van der Waals surface area contributed by atoms with E-state index in [4.69, 9.17) is 11.6 Å². The van der Waals surface area contributed by atoms with E-state index >= 15 is 0 Å². The number of amides is 1. The summed E-state index contributed by atoms with van der Waals surface area (Å²) in [6.45, 7) is 0.663. The molecular weight excluding hydrogens is 421 g/mol. The smallest absolute Gasteiger partial charge is 0.249 e. The van der Waals surface area contributed by atoms with Crippen LogP contribution in [-0.2, 0) is 4.79 Å². The van der Waals surface area contributed by atoms with Gasteiger partial charge in [0.1, 0.15) is 35.4 Å². The van der Waals surface area contributed by atoms with Gasteiger partial charge in [-0.05, 0) is 44.4 Å². The van der Waals surface area contributed by atoms with Crippen LogP contribution in [0.15, 0.2) is 60.9 Å². The van der Waals surface area contributed by atoms with Crippen molar-refractivity contribution in [3.05, 3.63) is 71.8 Å². The zero-order chi connectivity index (χ0) is 22.2. The summed E-state index contributed by atoms with van der Waals surface area (Å²) in [6.07, 6.45) is 4.60. The highest BCUT2D eigenvalue weighted by molar-refractivity contribution is 6.31. The van der Waals surface area contributed by atoms with Crippen molar-refractivity contribution in [2.24, 2.45) is 0 Å². The fraction of sp³-hybridized carbons (Fsp3) is 0.143. The number of anilines is 5. The highest BCUT2D eigenvalue weighted by Crippen LogP contribution is 2.23. The number of hydrogen-bond acceptors (Lipinski definition) is 7. The van der Waals surface area contributed by atoms with E-state index in [-0.39, 0.29) is 10.9 Å². The van der Waals surface area contributed by atoms with Crippen LogP contribution in [0.3, 0.4) is 0 Å². The zero-order valence-corrected chi connectivity index (χ0v) is 17.7. The standard InChI is InChI=1S/C21H21ClFN7O/c1-30(2)10-4-7-21(31)29-18-6-3-5-17(27-18)28-20-12-19(24-13-25-20)26-14-8-9-16(23)15(22)11-14/h3-9,11-13H,10H2,1-2H3,(H3,24,25,26,27,28,29,31)/b7-4+. The second-order valence-corrected chi connectivity index (χ2v) is 7.14. The number of hydrogen-bond donors (Lipinski definition) is 3. The van der Waals surface area contributed by atoms with Crippen LogP contribution in [0.2, 0.25) is 5.02 Å². The minimum Gasteiger partial charge on any atom is -0.340 e. The molecule has 0 aliphatic rings. The first-order chi connectivity index (χ1) is 14.9. The second kappa shape index (κ2) is 10.5. The van der Waals surface area contributed by atoms with Gasteiger partial charge in [-0.15, -0.1) is 0 Å². The third-order valence-electron chi connectivity index (χ3n) is 3.86. The van der Waals surface area contributed by atoms with Gasteiger partial charge in [0.05, 0.1) is 5.02 Å². The monoisotopic (exact) mass is 441 g/mol. The molecule has 1 aromatic carbocycles. The lowest BCUT2D eigenvalue weighted by Crippen LogP contribution is -2.13. The van der Waals surface area contributed by atoms with Crippen LogP contribution in [0.4, 0.5) is 33.3 Å². The van der Waals surface area contributed by atoms with Gasteiger partial charge in [-0.3, -0.25) is 4.79 Å². The van der Waals surface area contributed by atoms with E-state index in [1.165, 1.54) is 24.5 Å². The van der Waals surface area contributed by atoms with Gasteiger partial charge in [0.25, 0.3) is 0 Å². The number of carbonyl (C=O) groups excluding carboxylic acids is 1. The molecule has 0 aliphatic heterocycles. The number of pyridine rings is 1. The van der Waals surface area contributed by atoms with Crippen LogP contribution >= 0.6 is 11.6 Å². The van der Waals surface area contributed by atoms with Gasteiger partial charge in [0, 0.05) is 24.4 Å². The summed E-state index contributed by atoms with van der Waals surface area (Å²) in [4.78, 5) is 26.6. The van der Waals surface area contributed by atoms with Gasteiger partial charge in [-0.1, -0.05) is 23.7 Å². The number of nitrogens with zero attached hydrogens (tertiary/aromatic N) is 4. The van der Waals surface area contributed by atoms with Gasteiger partial charge in [0.2, 0.25) is 5.91 Å². The summed E-state index contributed by atoms with van der Waals surface area (Å²) in [5, 5.41) is 8.81. The molecule has 0 saturated carbocycles. The van der Waals surface area contributed by atoms with E-state index in [9.17, 15) is 9.18 Å². The van der Waals surface area contributed by atoms with Crippen LogP contribution in [0.5, 0.6) is 0 Å². The van der Waals surface area contributed by atoms with Crippen molar-refractivity contribution in [1.82, 2.24) is 19.9 Å². The molecule has 3 aromatic rings. The maximum atomic E-state index is 13.3. The van der Waals surface area contributed by atoms with Crippen LogP contribution < -0.4 is 16.0 Å². The van der Waals surface area contributed by atoms with Gasteiger partial charge in [-0.2, -0.15) is 0 Å². The number of rotatable bonds is 8. The molecule has 0 fully saturated rings. The lowest BCUT2D eigenvalue weighted by Gasteiger charge is -2.10.